The number of rotatable bonds is 3. The Labute approximate surface area is 169 Å². The van der Waals surface area contributed by atoms with Crippen LogP contribution in [0.4, 0.5) is 4.79 Å². The predicted molar refractivity (Wildman–Crippen MR) is 106 cm³/mol. The number of hydrogen-bond donors (Lipinski definition) is 1. The molecule has 6 rings (SSSR count). The molecule has 2 aromatic rings. The first-order valence-electron chi connectivity index (χ1n) is 10.5. The van der Waals surface area contributed by atoms with Crippen LogP contribution in [0, 0.1) is 23.7 Å². The third-order valence-electron chi connectivity index (χ3n) is 7.85. The normalized spacial score (nSPS) is 31.0. The van der Waals surface area contributed by atoms with E-state index in [2.05, 4.69) is 24.3 Å². The van der Waals surface area contributed by atoms with E-state index in [4.69, 9.17) is 4.74 Å². The van der Waals surface area contributed by atoms with E-state index in [0.29, 0.717) is 24.3 Å². The summed E-state index contributed by atoms with van der Waals surface area (Å²) in [5, 5.41) is 9.77. The second-order valence-electron chi connectivity index (χ2n) is 8.89. The number of nitrogens with zero attached hydrogens (tertiary/aromatic N) is 1. The summed E-state index contributed by atoms with van der Waals surface area (Å²) in [6.07, 6.45) is 1.80. The number of carboxylic acid groups (broad SMARTS) is 1. The standard InChI is InChI=1S/C24H23NO4/c26-23(27)22-21-18-10-9-17(18)19(21)11-25(22)24(28)29-12-20-15-7-3-1-5-13(15)14-6-2-4-8-16(14)20/h1-8,17-22H,9-12H2,(H,26,27). The van der Waals surface area contributed by atoms with Gasteiger partial charge in [0.15, 0.2) is 0 Å². The first kappa shape index (κ1) is 17.1. The average molecular weight is 389 g/mol. The Bertz CT molecular complexity index is 972. The zero-order valence-electron chi connectivity index (χ0n) is 16.0. The van der Waals surface area contributed by atoms with Crippen LogP contribution in [0.1, 0.15) is 29.9 Å². The quantitative estimate of drug-likeness (QED) is 0.862. The Morgan fingerprint density at radius 2 is 1.55 bits per heavy atom. The van der Waals surface area contributed by atoms with E-state index in [0.717, 1.165) is 17.5 Å². The minimum atomic E-state index is -0.892. The number of hydrogen-bond acceptors (Lipinski definition) is 3. The van der Waals surface area contributed by atoms with Crippen molar-refractivity contribution in [1.82, 2.24) is 4.90 Å². The first-order valence-corrected chi connectivity index (χ1v) is 10.5. The molecule has 1 saturated heterocycles. The molecule has 5 atom stereocenters. The topological polar surface area (TPSA) is 66.8 Å². The van der Waals surface area contributed by atoms with Crippen molar-refractivity contribution in [1.29, 1.82) is 0 Å². The van der Waals surface area contributed by atoms with Gasteiger partial charge < -0.3 is 9.84 Å². The fraction of sp³-hybridized carbons (Fsp3) is 0.417. The molecule has 0 spiro atoms. The highest BCUT2D eigenvalue weighted by atomic mass is 16.6. The molecule has 4 aliphatic rings. The summed E-state index contributed by atoms with van der Waals surface area (Å²) in [6, 6.07) is 15.7. The SMILES string of the molecule is O=C(O)C1C2C3CCC3C2CN1C(=O)OCC1c2ccccc2-c2ccccc21. The zero-order chi connectivity index (χ0) is 19.7. The van der Waals surface area contributed by atoms with Crippen molar-refractivity contribution in [2.75, 3.05) is 13.2 Å². The van der Waals surface area contributed by atoms with Crippen molar-refractivity contribution < 1.29 is 19.4 Å². The molecule has 5 unspecified atom stereocenters. The lowest BCUT2D eigenvalue weighted by Crippen LogP contribution is -2.56. The summed E-state index contributed by atoms with van der Waals surface area (Å²) in [5.41, 5.74) is 4.69. The van der Waals surface area contributed by atoms with Gasteiger partial charge in [-0.2, -0.15) is 0 Å². The summed E-state index contributed by atoms with van der Waals surface area (Å²) >= 11 is 0. The number of aliphatic carboxylic acids is 1. The van der Waals surface area contributed by atoms with Gasteiger partial charge in [0, 0.05) is 12.5 Å². The molecule has 2 aromatic carbocycles. The lowest BCUT2D eigenvalue weighted by atomic mass is 9.47. The van der Waals surface area contributed by atoms with Gasteiger partial charge in [-0.1, -0.05) is 48.5 Å². The van der Waals surface area contributed by atoms with Crippen molar-refractivity contribution in [3.8, 4) is 11.1 Å². The summed E-state index contributed by atoms with van der Waals surface area (Å²) in [5.74, 6) is 0.671. The third-order valence-corrected chi connectivity index (χ3v) is 7.85. The van der Waals surface area contributed by atoms with Crippen LogP contribution in [0.2, 0.25) is 0 Å². The van der Waals surface area contributed by atoms with E-state index >= 15 is 0 Å². The maximum Gasteiger partial charge on any atom is 0.410 e. The van der Waals surface area contributed by atoms with Crippen LogP contribution < -0.4 is 0 Å². The molecule has 0 aromatic heterocycles. The number of fused-ring (bicyclic) bond motifs is 7. The zero-order valence-corrected chi connectivity index (χ0v) is 16.0. The van der Waals surface area contributed by atoms with Crippen molar-refractivity contribution in [2.45, 2.75) is 24.8 Å². The van der Waals surface area contributed by atoms with E-state index < -0.39 is 18.1 Å². The smallest absolute Gasteiger partial charge is 0.410 e. The van der Waals surface area contributed by atoms with E-state index in [1.807, 2.05) is 24.3 Å². The van der Waals surface area contributed by atoms with Gasteiger partial charge >= 0.3 is 12.1 Å². The number of carbonyl (C=O) groups excluding carboxylic acids is 1. The Balaban J connectivity index is 1.22. The molecule has 3 aliphatic carbocycles. The van der Waals surface area contributed by atoms with Crippen molar-refractivity contribution in [3.63, 3.8) is 0 Å². The molecular formula is C24H23NO4. The van der Waals surface area contributed by atoms with E-state index in [-0.39, 0.29) is 18.4 Å². The molecule has 0 radical (unpaired) electrons. The van der Waals surface area contributed by atoms with Crippen LogP contribution in [0.5, 0.6) is 0 Å². The number of likely N-dealkylation sites (tertiary alicyclic amines) is 1. The summed E-state index contributed by atoms with van der Waals surface area (Å²) in [4.78, 5) is 26.3. The van der Waals surface area contributed by atoms with Crippen molar-refractivity contribution >= 4 is 12.1 Å². The monoisotopic (exact) mass is 389 g/mol. The van der Waals surface area contributed by atoms with E-state index in [1.165, 1.54) is 22.4 Å². The van der Waals surface area contributed by atoms with Crippen molar-refractivity contribution in [2.24, 2.45) is 23.7 Å². The van der Waals surface area contributed by atoms with Crippen LogP contribution >= 0.6 is 0 Å². The maximum absolute atomic E-state index is 12.9. The molecule has 5 heteroatoms. The number of carboxylic acids is 1. The van der Waals surface area contributed by atoms with Gasteiger partial charge in [0.1, 0.15) is 12.6 Å². The van der Waals surface area contributed by atoms with Gasteiger partial charge in [-0.05, 0) is 58.8 Å². The molecule has 1 amide bonds. The molecule has 5 nitrogen and oxygen atoms in total. The first-order chi connectivity index (χ1) is 14.1. The highest BCUT2D eigenvalue weighted by Crippen LogP contribution is 2.63. The predicted octanol–water partition coefficient (Wildman–Crippen LogP) is 3.98. The maximum atomic E-state index is 12.9. The third kappa shape index (κ3) is 2.27. The molecule has 148 valence electrons. The highest BCUT2D eigenvalue weighted by molar-refractivity contribution is 5.82. The largest absolute Gasteiger partial charge is 0.480 e. The van der Waals surface area contributed by atoms with Gasteiger partial charge in [0.2, 0.25) is 0 Å². The lowest BCUT2D eigenvalue weighted by molar-refractivity contribution is -0.150. The molecule has 29 heavy (non-hydrogen) atoms. The average Bonchev–Trinajstić information content (AvgIpc) is 3.20. The van der Waals surface area contributed by atoms with Gasteiger partial charge in [-0.15, -0.1) is 0 Å². The summed E-state index contributed by atoms with van der Waals surface area (Å²) in [7, 11) is 0. The van der Waals surface area contributed by atoms with Crippen LogP contribution in [-0.2, 0) is 9.53 Å². The van der Waals surface area contributed by atoms with Gasteiger partial charge in [-0.25, -0.2) is 9.59 Å². The minimum absolute atomic E-state index is 0.00914. The molecule has 1 heterocycles. The Hall–Kier alpha value is -2.82. The van der Waals surface area contributed by atoms with Gasteiger partial charge in [0.25, 0.3) is 0 Å². The second-order valence-corrected chi connectivity index (χ2v) is 8.89. The molecule has 1 N–H and O–H groups in total. The van der Waals surface area contributed by atoms with Crippen LogP contribution in [-0.4, -0.2) is 41.3 Å². The number of carbonyl (C=O) groups is 2. The lowest BCUT2D eigenvalue weighted by Gasteiger charge is -2.57. The molecule has 0 bridgehead atoms. The molecular weight excluding hydrogens is 366 g/mol. The van der Waals surface area contributed by atoms with Crippen LogP contribution in [0.25, 0.3) is 11.1 Å². The molecule has 3 fully saturated rings. The Morgan fingerprint density at radius 1 is 0.931 bits per heavy atom. The van der Waals surface area contributed by atoms with Gasteiger partial charge in [-0.3, -0.25) is 4.90 Å². The van der Waals surface area contributed by atoms with Crippen LogP contribution in [0.3, 0.4) is 0 Å². The van der Waals surface area contributed by atoms with Gasteiger partial charge in [0.05, 0.1) is 0 Å². The Morgan fingerprint density at radius 3 is 2.14 bits per heavy atom. The minimum Gasteiger partial charge on any atom is -0.480 e. The van der Waals surface area contributed by atoms with Crippen LogP contribution in [0.15, 0.2) is 48.5 Å². The van der Waals surface area contributed by atoms with Crippen molar-refractivity contribution in [3.05, 3.63) is 59.7 Å². The number of ether oxygens (including phenoxy) is 1. The fourth-order valence-corrected chi connectivity index (χ4v) is 6.46. The molecule has 2 saturated carbocycles. The summed E-state index contributed by atoms with van der Waals surface area (Å²) < 4.78 is 5.74. The Kier molecular flexibility index (Phi) is 3.58. The number of benzene rings is 2. The molecule has 1 aliphatic heterocycles. The second kappa shape index (κ2) is 6.09. The highest BCUT2D eigenvalue weighted by Gasteiger charge is 2.65. The summed E-state index contributed by atoms with van der Waals surface area (Å²) in [6.45, 7) is 0.761. The number of amides is 1. The van der Waals surface area contributed by atoms with E-state index in [1.54, 1.807) is 0 Å². The van der Waals surface area contributed by atoms with E-state index in [9.17, 15) is 14.7 Å². The fourth-order valence-electron chi connectivity index (χ4n) is 6.46.